The van der Waals surface area contributed by atoms with Crippen LogP contribution in [0.4, 0.5) is 4.39 Å². The van der Waals surface area contributed by atoms with Crippen LogP contribution in [-0.2, 0) is 4.79 Å². The van der Waals surface area contributed by atoms with E-state index in [2.05, 4.69) is 45.1 Å². The Morgan fingerprint density at radius 1 is 0.919 bits per heavy atom. The Morgan fingerprint density at radius 3 is 2.24 bits per heavy atom. The maximum Gasteiger partial charge on any atom is 0.305 e. The molecule has 1 aliphatic rings. The van der Waals surface area contributed by atoms with E-state index in [0.717, 1.165) is 42.4 Å². The van der Waals surface area contributed by atoms with E-state index in [1.807, 2.05) is 35.0 Å². The van der Waals surface area contributed by atoms with Crippen molar-refractivity contribution in [3.05, 3.63) is 102 Å². The van der Waals surface area contributed by atoms with Crippen LogP contribution < -0.4 is 5.32 Å². The van der Waals surface area contributed by atoms with Crippen molar-refractivity contribution in [1.29, 1.82) is 0 Å². The first-order valence-electron chi connectivity index (χ1n) is 12.7. The molecule has 3 aromatic carbocycles. The number of carboxylic acids is 1. The van der Waals surface area contributed by atoms with Crippen LogP contribution in [0.1, 0.15) is 73.6 Å². The molecule has 0 saturated heterocycles. The van der Waals surface area contributed by atoms with Crippen molar-refractivity contribution >= 4 is 5.97 Å². The number of halogens is 1. The molecule has 0 aliphatic heterocycles. The molecule has 0 amide bonds. The van der Waals surface area contributed by atoms with Crippen LogP contribution >= 0.6 is 0 Å². The van der Waals surface area contributed by atoms with Crippen molar-refractivity contribution in [2.45, 2.75) is 56.7 Å². The van der Waals surface area contributed by atoms with Crippen LogP contribution in [0, 0.1) is 5.82 Å². The highest BCUT2D eigenvalue weighted by atomic mass is 19.1. The molecule has 2 unspecified atom stereocenters. The first kappa shape index (κ1) is 24.8. The minimum absolute atomic E-state index is 0.171. The van der Waals surface area contributed by atoms with Gasteiger partial charge in [0.15, 0.2) is 5.82 Å². The highest BCUT2D eigenvalue weighted by Crippen LogP contribution is 2.33. The van der Waals surface area contributed by atoms with E-state index in [1.165, 1.54) is 18.6 Å². The maximum absolute atomic E-state index is 13.6. The van der Waals surface area contributed by atoms with Crippen LogP contribution in [0.5, 0.6) is 0 Å². The Hall–Kier alpha value is -3.91. The number of carboxylic acid groups (broad SMARTS) is 1. The molecule has 0 radical (unpaired) electrons. The van der Waals surface area contributed by atoms with Gasteiger partial charge in [-0.2, -0.15) is 0 Å². The average Bonchev–Trinajstić information content (AvgIpc) is 3.42. The number of aromatic nitrogens is 4. The Morgan fingerprint density at radius 2 is 1.57 bits per heavy atom. The third-order valence-corrected chi connectivity index (χ3v) is 7.07. The van der Waals surface area contributed by atoms with Crippen molar-refractivity contribution in [1.82, 2.24) is 25.5 Å². The molecule has 0 bridgehead atoms. The number of nitrogens with zero attached hydrogens (tertiary/aromatic N) is 4. The van der Waals surface area contributed by atoms with Gasteiger partial charge < -0.3 is 5.11 Å². The Labute approximate surface area is 215 Å². The molecule has 5 rings (SSSR count). The number of hydrogen-bond donors (Lipinski definition) is 2. The van der Waals surface area contributed by atoms with Gasteiger partial charge in [-0.15, -0.1) is 5.10 Å². The van der Waals surface area contributed by atoms with E-state index >= 15 is 0 Å². The highest BCUT2D eigenvalue weighted by Gasteiger charge is 2.29. The predicted molar refractivity (Wildman–Crippen MR) is 138 cm³/mol. The van der Waals surface area contributed by atoms with Crippen molar-refractivity contribution in [2.75, 3.05) is 0 Å². The molecule has 2 atom stereocenters. The summed E-state index contributed by atoms with van der Waals surface area (Å²) in [5.41, 5.74) is 3.80. The summed E-state index contributed by atoms with van der Waals surface area (Å²) in [4.78, 5) is 11.8. The zero-order chi connectivity index (χ0) is 25.6. The van der Waals surface area contributed by atoms with E-state index < -0.39 is 18.1 Å². The van der Waals surface area contributed by atoms with Gasteiger partial charge in [-0.05, 0) is 57.7 Å². The number of carbonyl (C=O) groups is 1. The average molecular weight is 500 g/mol. The van der Waals surface area contributed by atoms with E-state index in [9.17, 15) is 14.3 Å². The molecule has 37 heavy (non-hydrogen) atoms. The van der Waals surface area contributed by atoms with Crippen molar-refractivity contribution in [2.24, 2.45) is 0 Å². The number of aliphatic carboxylic acids is 1. The first-order valence-corrected chi connectivity index (χ1v) is 12.7. The van der Waals surface area contributed by atoms with Crippen LogP contribution in [-0.4, -0.2) is 31.3 Å². The molecule has 4 aromatic rings. The maximum atomic E-state index is 13.6. The summed E-state index contributed by atoms with van der Waals surface area (Å²) < 4.78 is 15.5. The van der Waals surface area contributed by atoms with Gasteiger partial charge in [0, 0.05) is 6.04 Å². The molecule has 2 N–H and O–H groups in total. The SMILES string of the molecule is O=C(O)CC(NC(c1ccc(-c2ccccc2)cc1)c1nnnn1C1CCCCC1)c1ccc(F)cc1. The van der Waals surface area contributed by atoms with Crippen molar-refractivity contribution < 1.29 is 14.3 Å². The molecule has 190 valence electrons. The van der Waals surface area contributed by atoms with Gasteiger partial charge in [-0.1, -0.05) is 86.0 Å². The summed E-state index contributed by atoms with van der Waals surface area (Å²) in [6.45, 7) is 0. The molecule has 1 fully saturated rings. The molecule has 1 aromatic heterocycles. The number of nitrogens with one attached hydrogen (secondary N) is 1. The zero-order valence-corrected chi connectivity index (χ0v) is 20.5. The lowest BCUT2D eigenvalue weighted by atomic mass is 9.94. The fourth-order valence-electron chi connectivity index (χ4n) is 5.14. The number of rotatable bonds is 9. The third-order valence-electron chi connectivity index (χ3n) is 7.07. The normalized spacial score (nSPS) is 15.8. The molecule has 8 heteroatoms. The molecule has 7 nitrogen and oxygen atoms in total. The van der Waals surface area contributed by atoms with Crippen molar-refractivity contribution in [3.63, 3.8) is 0 Å². The Bertz CT molecular complexity index is 1300. The third kappa shape index (κ3) is 5.91. The highest BCUT2D eigenvalue weighted by molar-refractivity contribution is 5.68. The summed E-state index contributed by atoms with van der Waals surface area (Å²) in [5, 5.41) is 26.0. The van der Waals surface area contributed by atoms with Gasteiger partial charge >= 0.3 is 5.97 Å². The molecule has 0 spiro atoms. The molecule has 1 heterocycles. The Kier molecular flexibility index (Phi) is 7.65. The Balaban J connectivity index is 1.53. The standard InChI is InChI=1S/C29H30FN5O2/c30-24-17-15-22(16-18-24)26(19-27(36)37)31-28(29-32-33-34-35(29)25-9-5-2-6-10-25)23-13-11-21(12-14-23)20-7-3-1-4-8-20/h1,3-4,7-8,11-18,25-26,28,31H,2,5-6,9-10,19H2,(H,36,37). The summed E-state index contributed by atoms with van der Waals surface area (Å²) in [6, 6.07) is 23.4. The van der Waals surface area contributed by atoms with E-state index in [4.69, 9.17) is 0 Å². The number of tetrazole rings is 1. The topological polar surface area (TPSA) is 92.9 Å². The minimum Gasteiger partial charge on any atom is -0.481 e. The summed E-state index contributed by atoms with van der Waals surface area (Å²) in [6.07, 6.45) is 5.32. The lowest BCUT2D eigenvalue weighted by Crippen LogP contribution is -2.32. The van der Waals surface area contributed by atoms with Gasteiger partial charge in [-0.3, -0.25) is 10.1 Å². The second-order valence-electron chi connectivity index (χ2n) is 9.56. The second kappa shape index (κ2) is 11.4. The number of hydrogen-bond acceptors (Lipinski definition) is 5. The second-order valence-corrected chi connectivity index (χ2v) is 9.56. The number of benzene rings is 3. The van der Waals surface area contributed by atoms with Gasteiger partial charge in [-0.25, -0.2) is 9.07 Å². The quantitative estimate of drug-likeness (QED) is 0.299. The fraction of sp³-hybridized carbons (Fsp3) is 0.310. The van der Waals surface area contributed by atoms with Crippen LogP contribution in [0.3, 0.4) is 0 Å². The molecular formula is C29H30FN5O2. The summed E-state index contributed by atoms with van der Waals surface area (Å²) in [5.74, 6) is -0.671. The van der Waals surface area contributed by atoms with Gasteiger partial charge in [0.05, 0.1) is 18.5 Å². The van der Waals surface area contributed by atoms with E-state index in [1.54, 1.807) is 12.1 Å². The van der Waals surface area contributed by atoms with Gasteiger partial charge in [0.2, 0.25) is 0 Å². The van der Waals surface area contributed by atoms with Crippen LogP contribution in [0.25, 0.3) is 11.1 Å². The predicted octanol–water partition coefficient (Wildman–Crippen LogP) is 5.88. The fourth-order valence-corrected chi connectivity index (χ4v) is 5.14. The smallest absolute Gasteiger partial charge is 0.305 e. The van der Waals surface area contributed by atoms with Crippen LogP contribution in [0.2, 0.25) is 0 Å². The zero-order valence-electron chi connectivity index (χ0n) is 20.5. The monoisotopic (exact) mass is 499 g/mol. The summed E-state index contributed by atoms with van der Waals surface area (Å²) >= 11 is 0. The summed E-state index contributed by atoms with van der Waals surface area (Å²) in [7, 11) is 0. The van der Waals surface area contributed by atoms with Crippen molar-refractivity contribution in [3.8, 4) is 11.1 Å². The lowest BCUT2D eigenvalue weighted by Gasteiger charge is -2.28. The van der Waals surface area contributed by atoms with Crippen LogP contribution in [0.15, 0.2) is 78.9 Å². The first-order chi connectivity index (χ1) is 18.1. The molecule has 1 aliphatic carbocycles. The van der Waals surface area contributed by atoms with E-state index in [-0.39, 0.29) is 18.3 Å². The molecule has 1 saturated carbocycles. The largest absolute Gasteiger partial charge is 0.481 e. The van der Waals surface area contributed by atoms with E-state index in [0.29, 0.717) is 11.4 Å². The minimum atomic E-state index is -0.952. The van der Waals surface area contributed by atoms with Gasteiger partial charge in [0.25, 0.3) is 0 Å². The van der Waals surface area contributed by atoms with Gasteiger partial charge in [0.1, 0.15) is 5.82 Å². The lowest BCUT2D eigenvalue weighted by molar-refractivity contribution is -0.137. The molecular weight excluding hydrogens is 469 g/mol.